The van der Waals surface area contributed by atoms with Gasteiger partial charge in [0.05, 0.1) is 41.7 Å². The highest BCUT2D eigenvalue weighted by Gasteiger charge is 2.34. The summed E-state index contributed by atoms with van der Waals surface area (Å²) in [5.74, 6) is 0. The Bertz CT molecular complexity index is 964. The maximum Gasteiger partial charge on any atom is 0.407 e. The Morgan fingerprint density at radius 1 is 1.43 bits per heavy atom. The molecule has 3 rings (SSSR count). The predicted octanol–water partition coefficient (Wildman–Crippen LogP) is 2.67. The maximum absolute atomic E-state index is 12.2. The first-order valence-corrected chi connectivity index (χ1v) is 9.83. The van der Waals surface area contributed by atoms with Crippen molar-refractivity contribution in [3.05, 3.63) is 42.2 Å². The number of ether oxygens (including phenoxy) is 1. The molecule has 2 atom stereocenters. The zero-order valence-corrected chi connectivity index (χ0v) is 17.4. The van der Waals surface area contributed by atoms with Crippen LogP contribution >= 0.6 is 0 Å². The lowest BCUT2D eigenvalue weighted by molar-refractivity contribution is 0.0507. The van der Waals surface area contributed by atoms with Crippen LogP contribution in [0.4, 0.5) is 16.2 Å². The van der Waals surface area contributed by atoms with Crippen LogP contribution in [0.3, 0.4) is 0 Å². The second kappa shape index (κ2) is 8.59. The molecule has 1 saturated heterocycles. The summed E-state index contributed by atoms with van der Waals surface area (Å²) in [5, 5.41) is 22.2. The summed E-state index contributed by atoms with van der Waals surface area (Å²) in [4.78, 5) is 18.3. The third-order valence-corrected chi connectivity index (χ3v) is 4.94. The van der Waals surface area contributed by atoms with E-state index in [-0.39, 0.29) is 18.7 Å². The number of aliphatic hydroxyl groups is 1. The average molecular weight is 409 g/mol. The van der Waals surface area contributed by atoms with Gasteiger partial charge < -0.3 is 25.8 Å². The number of aliphatic hydroxyl groups excluding tert-OH is 1. The minimum atomic E-state index is -0.584. The molecule has 1 aromatic heterocycles. The number of rotatable bonds is 4. The first kappa shape index (κ1) is 21.4. The lowest BCUT2D eigenvalue weighted by Gasteiger charge is -2.27. The van der Waals surface area contributed by atoms with Crippen LogP contribution < -0.4 is 16.0 Å². The summed E-state index contributed by atoms with van der Waals surface area (Å²) in [7, 11) is 0. The van der Waals surface area contributed by atoms with Crippen LogP contribution in [-0.2, 0) is 4.74 Å². The predicted molar refractivity (Wildman–Crippen MR) is 115 cm³/mol. The standard InChI is InChI=1S/C22H27N5O3/c1-22(2,3)30-21(29)26-16-9-17(13-28)27(12-16)20-8-14(4-5-19(20)24)18-11-25-7-6-15(18)10-23/h4-8,11,16-17,28H,9,12-13,24H2,1-3H3,(H,26,29)/t16-,17-/m0/s1. The third-order valence-electron chi connectivity index (χ3n) is 4.94. The SMILES string of the molecule is CC(C)(C)OC(=O)N[C@H]1C[C@@H](CO)N(c2cc(-c3cnccc3C#N)ccc2N)C1. The van der Waals surface area contributed by atoms with Gasteiger partial charge in [0.1, 0.15) is 5.60 Å². The number of aromatic nitrogens is 1. The minimum Gasteiger partial charge on any atom is -0.444 e. The smallest absolute Gasteiger partial charge is 0.407 e. The molecule has 2 heterocycles. The van der Waals surface area contributed by atoms with Gasteiger partial charge in [-0.2, -0.15) is 5.26 Å². The molecule has 0 radical (unpaired) electrons. The van der Waals surface area contributed by atoms with Crippen molar-refractivity contribution in [2.75, 3.05) is 23.8 Å². The van der Waals surface area contributed by atoms with Gasteiger partial charge in [-0.3, -0.25) is 4.98 Å². The van der Waals surface area contributed by atoms with Gasteiger partial charge in [-0.25, -0.2) is 4.79 Å². The van der Waals surface area contributed by atoms with Gasteiger partial charge >= 0.3 is 6.09 Å². The minimum absolute atomic E-state index is 0.0769. The van der Waals surface area contributed by atoms with Crippen molar-refractivity contribution in [3.8, 4) is 17.2 Å². The van der Waals surface area contributed by atoms with E-state index >= 15 is 0 Å². The molecule has 1 aromatic carbocycles. The van der Waals surface area contributed by atoms with Gasteiger partial charge in [0.25, 0.3) is 0 Å². The summed E-state index contributed by atoms with van der Waals surface area (Å²) in [6.07, 6.45) is 3.31. The Labute approximate surface area is 176 Å². The number of alkyl carbamates (subject to hydrolysis) is 1. The number of amides is 1. The molecule has 8 nitrogen and oxygen atoms in total. The Kier molecular flexibility index (Phi) is 6.13. The van der Waals surface area contributed by atoms with Crippen molar-refractivity contribution in [1.29, 1.82) is 5.26 Å². The summed E-state index contributed by atoms with van der Waals surface area (Å²) >= 11 is 0. The molecule has 1 fully saturated rings. The number of carbonyl (C=O) groups is 1. The Morgan fingerprint density at radius 2 is 2.20 bits per heavy atom. The van der Waals surface area contributed by atoms with E-state index in [0.717, 1.165) is 11.3 Å². The number of hydrogen-bond donors (Lipinski definition) is 3. The normalized spacial score (nSPS) is 18.7. The fourth-order valence-electron chi connectivity index (χ4n) is 3.65. The van der Waals surface area contributed by atoms with Crippen molar-refractivity contribution in [2.24, 2.45) is 0 Å². The largest absolute Gasteiger partial charge is 0.444 e. The van der Waals surface area contributed by atoms with Crippen LogP contribution in [0.25, 0.3) is 11.1 Å². The molecule has 0 bridgehead atoms. The third kappa shape index (κ3) is 4.81. The van der Waals surface area contributed by atoms with Crippen LogP contribution in [-0.4, -0.2) is 47.0 Å². The molecular formula is C22H27N5O3. The number of anilines is 2. The van der Waals surface area contributed by atoms with E-state index in [0.29, 0.717) is 29.8 Å². The van der Waals surface area contributed by atoms with Gasteiger partial charge in [-0.05, 0) is 51.0 Å². The molecule has 30 heavy (non-hydrogen) atoms. The van der Waals surface area contributed by atoms with Crippen molar-refractivity contribution < 1.29 is 14.6 Å². The quantitative estimate of drug-likeness (QED) is 0.663. The number of nitrogens with one attached hydrogen (secondary N) is 1. The van der Waals surface area contributed by atoms with E-state index in [2.05, 4.69) is 16.4 Å². The Hall–Kier alpha value is -3.31. The topological polar surface area (TPSA) is 124 Å². The molecule has 8 heteroatoms. The molecule has 1 aliphatic rings. The molecule has 0 saturated carbocycles. The number of nitrogens with zero attached hydrogens (tertiary/aromatic N) is 3. The highest BCUT2D eigenvalue weighted by Crippen LogP contribution is 2.35. The molecule has 4 N–H and O–H groups in total. The number of nitrogen functional groups attached to an aromatic ring is 1. The number of carbonyl (C=O) groups excluding carboxylic acids is 1. The molecule has 0 unspecified atom stereocenters. The zero-order valence-electron chi connectivity index (χ0n) is 17.4. The van der Waals surface area contributed by atoms with Crippen molar-refractivity contribution in [3.63, 3.8) is 0 Å². The van der Waals surface area contributed by atoms with E-state index < -0.39 is 11.7 Å². The zero-order chi connectivity index (χ0) is 21.9. The lowest BCUT2D eigenvalue weighted by Crippen LogP contribution is -2.40. The molecule has 158 valence electrons. The van der Waals surface area contributed by atoms with Crippen LogP contribution in [0.2, 0.25) is 0 Å². The highest BCUT2D eigenvalue weighted by atomic mass is 16.6. The number of nitriles is 1. The molecule has 0 aliphatic carbocycles. The van der Waals surface area contributed by atoms with Crippen LogP contribution in [0.1, 0.15) is 32.8 Å². The van der Waals surface area contributed by atoms with Gasteiger partial charge in [-0.15, -0.1) is 0 Å². The van der Waals surface area contributed by atoms with Crippen LogP contribution in [0.15, 0.2) is 36.7 Å². The number of hydrogen-bond acceptors (Lipinski definition) is 7. The fourth-order valence-corrected chi connectivity index (χ4v) is 3.65. The van der Waals surface area contributed by atoms with Crippen molar-refractivity contribution in [1.82, 2.24) is 10.3 Å². The molecule has 1 aliphatic heterocycles. The van der Waals surface area contributed by atoms with Crippen molar-refractivity contribution >= 4 is 17.5 Å². The van der Waals surface area contributed by atoms with E-state index in [9.17, 15) is 15.2 Å². The second-order valence-electron chi connectivity index (χ2n) is 8.37. The van der Waals surface area contributed by atoms with Gasteiger partial charge in [0, 0.05) is 24.5 Å². The molecule has 0 spiro atoms. The summed E-state index contributed by atoms with van der Waals surface area (Å²) in [6.45, 7) is 5.83. The van der Waals surface area contributed by atoms with Crippen LogP contribution in [0.5, 0.6) is 0 Å². The van der Waals surface area contributed by atoms with Gasteiger partial charge in [0.2, 0.25) is 0 Å². The summed E-state index contributed by atoms with van der Waals surface area (Å²) in [5.41, 5.74) is 9.00. The average Bonchev–Trinajstić information content (AvgIpc) is 3.09. The van der Waals surface area contributed by atoms with E-state index in [1.807, 2.05) is 37.8 Å². The number of benzene rings is 1. The van der Waals surface area contributed by atoms with E-state index in [4.69, 9.17) is 10.5 Å². The first-order valence-electron chi connectivity index (χ1n) is 9.83. The lowest BCUT2D eigenvalue weighted by atomic mass is 10.0. The van der Waals surface area contributed by atoms with E-state index in [1.165, 1.54) is 0 Å². The monoisotopic (exact) mass is 409 g/mol. The number of pyridine rings is 1. The Morgan fingerprint density at radius 3 is 2.87 bits per heavy atom. The first-order chi connectivity index (χ1) is 14.2. The van der Waals surface area contributed by atoms with Gasteiger partial charge in [-0.1, -0.05) is 6.07 Å². The molecule has 2 aromatic rings. The van der Waals surface area contributed by atoms with Crippen molar-refractivity contribution in [2.45, 2.75) is 44.9 Å². The maximum atomic E-state index is 12.2. The summed E-state index contributed by atoms with van der Waals surface area (Å²) < 4.78 is 5.34. The second-order valence-corrected chi connectivity index (χ2v) is 8.37. The highest BCUT2D eigenvalue weighted by molar-refractivity contribution is 5.79. The van der Waals surface area contributed by atoms with Crippen LogP contribution in [0, 0.1) is 11.3 Å². The summed E-state index contributed by atoms with van der Waals surface area (Å²) in [6, 6.07) is 8.97. The number of nitrogens with two attached hydrogens (primary N) is 1. The van der Waals surface area contributed by atoms with E-state index in [1.54, 1.807) is 24.5 Å². The Balaban J connectivity index is 1.85. The van der Waals surface area contributed by atoms with Gasteiger partial charge in [0.15, 0.2) is 0 Å². The molecular weight excluding hydrogens is 382 g/mol. The fraction of sp³-hybridized carbons (Fsp3) is 0.409. The molecule has 1 amide bonds.